The number of methoxy groups -OCH3 is 1. The highest BCUT2D eigenvalue weighted by atomic mass is 16.5. The van der Waals surface area contributed by atoms with Crippen LogP contribution in [-0.2, 0) is 0 Å². The molecule has 146 valence electrons. The molecular weight excluding hydrogens is 342 g/mol. The Morgan fingerprint density at radius 1 is 1.07 bits per heavy atom. The summed E-state index contributed by atoms with van der Waals surface area (Å²) in [4.78, 5) is 4.22. The van der Waals surface area contributed by atoms with Gasteiger partial charge in [0.25, 0.3) is 0 Å². The van der Waals surface area contributed by atoms with Gasteiger partial charge in [-0.15, -0.1) is 0 Å². The number of ether oxygens (including phenoxy) is 2. The van der Waals surface area contributed by atoms with E-state index in [9.17, 15) is 5.11 Å². The number of aliphatic hydroxyl groups is 1. The van der Waals surface area contributed by atoms with E-state index in [2.05, 4.69) is 15.6 Å². The van der Waals surface area contributed by atoms with Gasteiger partial charge in [-0.05, 0) is 24.1 Å². The molecule has 0 aliphatic rings. The van der Waals surface area contributed by atoms with Crippen molar-refractivity contribution in [2.45, 2.75) is 12.3 Å². The summed E-state index contributed by atoms with van der Waals surface area (Å²) in [6.07, 6.45) is 0.833. The lowest BCUT2D eigenvalue weighted by atomic mass is 10.0. The van der Waals surface area contributed by atoms with E-state index in [0.29, 0.717) is 19.1 Å². The molecule has 0 heterocycles. The molecule has 3 N–H and O–H groups in total. The number of aliphatic imine (C=N–C) groups is 1. The van der Waals surface area contributed by atoms with Crippen LogP contribution in [0.5, 0.6) is 11.5 Å². The molecule has 0 saturated heterocycles. The smallest absolute Gasteiger partial charge is 0.191 e. The minimum absolute atomic E-state index is 0.0288. The maximum Gasteiger partial charge on any atom is 0.191 e. The molecule has 2 aromatic carbocycles. The second-order valence-corrected chi connectivity index (χ2v) is 6.05. The SMILES string of the molecule is CN=C(NCCCOc1cccc(OC)c1)NCC(CO)c1ccccc1. The second kappa shape index (κ2) is 11.8. The molecule has 2 rings (SSSR count). The topological polar surface area (TPSA) is 75.1 Å². The van der Waals surface area contributed by atoms with E-state index in [1.54, 1.807) is 14.2 Å². The third-order valence-electron chi connectivity index (χ3n) is 4.15. The van der Waals surface area contributed by atoms with Crippen LogP contribution in [-0.4, -0.2) is 51.5 Å². The van der Waals surface area contributed by atoms with Gasteiger partial charge in [-0.2, -0.15) is 0 Å². The fourth-order valence-corrected chi connectivity index (χ4v) is 2.61. The van der Waals surface area contributed by atoms with Crippen LogP contribution in [0.4, 0.5) is 0 Å². The Hall–Kier alpha value is -2.73. The van der Waals surface area contributed by atoms with Crippen LogP contribution in [0.15, 0.2) is 59.6 Å². The fourth-order valence-electron chi connectivity index (χ4n) is 2.61. The molecule has 0 radical (unpaired) electrons. The van der Waals surface area contributed by atoms with E-state index >= 15 is 0 Å². The summed E-state index contributed by atoms with van der Waals surface area (Å²) >= 11 is 0. The number of hydrogen-bond donors (Lipinski definition) is 3. The van der Waals surface area contributed by atoms with Crippen LogP contribution < -0.4 is 20.1 Å². The normalized spacial score (nSPS) is 12.3. The van der Waals surface area contributed by atoms with Gasteiger partial charge in [0.2, 0.25) is 0 Å². The number of guanidine groups is 1. The molecule has 0 aromatic heterocycles. The molecule has 0 amide bonds. The lowest BCUT2D eigenvalue weighted by Gasteiger charge is -2.18. The number of benzene rings is 2. The van der Waals surface area contributed by atoms with Crippen molar-refractivity contribution in [2.75, 3.05) is 40.5 Å². The summed E-state index contributed by atoms with van der Waals surface area (Å²) in [7, 11) is 3.37. The summed E-state index contributed by atoms with van der Waals surface area (Å²) in [6, 6.07) is 17.5. The molecule has 1 atom stereocenters. The van der Waals surface area contributed by atoms with Gasteiger partial charge in [0.1, 0.15) is 11.5 Å². The summed E-state index contributed by atoms with van der Waals surface area (Å²) in [5.41, 5.74) is 1.11. The number of nitrogens with one attached hydrogen (secondary N) is 2. The third kappa shape index (κ3) is 7.19. The van der Waals surface area contributed by atoms with Crippen LogP contribution in [0, 0.1) is 0 Å². The number of nitrogens with zero attached hydrogens (tertiary/aromatic N) is 1. The van der Waals surface area contributed by atoms with E-state index in [1.165, 1.54) is 0 Å². The Labute approximate surface area is 161 Å². The quantitative estimate of drug-likeness (QED) is 0.340. The van der Waals surface area contributed by atoms with Crippen molar-refractivity contribution >= 4 is 5.96 Å². The monoisotopic (exact) mass is 371 g/mol. The molecular formula is C21H29N3O3. The molecule has 0 aliphatic heterocycles. The van der Waals surface area contributed by atoms with E-state index < -0.39 is 0 Å². The predicted octanol–water partition coefficient (Wildman–Crippen LogP) is 2.41. The Balaban J connectivity index is 1.68. The second-order valence-electron chi connectivity index (χ2n) is 6.05. The van der Waals surface area contributed by atoms with Crippen molar-refractivity contribution in [1.82, 2.24) is 10.6 Å². The first-order chi connectivity index (χ1) is 13.3. The summed E-state index contributed by atoms with van der Waals surface area (Å²) in [5, 5.41) is 16.2. The summed E-state index contributed by atoms with van der Waals surface area (Å²) in [6.45, 7) is 2.03. The number of hydrogen-bond acceptors (Lipinski definition) is 4. The zero-order valence-electron chi connectivity index (χ0n) is 16.0. The molecule has 6 nitrogen and oxygen atoms in total. The van der Waals surface area contributed by atoms with Crippen molar-refractivity contribution in [3.63, 3.8) is 0 Å². The highest BCUT2D eigenvalue weighted by Gasteiger charge is 2.10. The lowest BCUT2D eigenvalue weighted by molar-refractivity contribution is 0.265. The highest BCUT2D eigenvalue weighted by molar-refractivity contribution is 5.79. The van der Waals surface area contributed by atoms with E-state index in [0.717, 1.165) is 30.0 Å². The summed E-state index contributed by atoms with van der Waals surface area (Å²) in [5.74, 6) is 2.32. The maximum atomic E-state index is 9.63. The van der Waals surface area contributed by atoms with Gasteiger partial charge < -0.3 is 25.2 Å². The van der Waals surface area contributed by atoms with Crippen LogP contribution in [0.2, 0.25) is 0 Å². The largest absolute Gasteiger partial charge is 0.497 e. The molecule has 1 unspecified atom stereocenters. The van der Waals surface area contributed by atoms with Crippen LogP contribution >= 0.6 is 0 Å². The van der Waals surface area contributed by atoms with Gasteiger partial charge in [-0.3, -0.25) is 4.99 Å². The zero-order valence-corrected chi connectivity index (χ0v) is 16.0. The van der Waals surface area contributed by atoms with Gasteiger partial charge >= 0.3 is 0 Å². The minimum atomic E-state index is 0.0288. The molecule has 27 heavy (non-hydrogen) atoms. The Morgan fingerprint density at radius 3 is 2.56 bits per heavy atom. The lowest BCUT2D eigenvalue weighted by Crippen LogP contribution is -2.40. The van der Waals surface area contributed by atoms with Crippen molar-refractivity contribution in [1.29, 1.82) is 0 Å². The third-order valence-corrected chi connectivity index (χ3v) is 4.15. The van der Waals surface area contributed by atoms with Crippen LogP contribution in [0.25, 0.3) is 0 Å². The number of rotatable bonds is 10. The molecule has 0 saturated carbocycles. The predicted molar refractivity (Wildman–Crippen MR) is 109 cm³/mol. The number of aliphatic hydroxyl groups excluding tert-OH is 1. The van der Waals surface area contributed by atoms with E-state index in [-0.39, 0.29) is 12.5 Å². The fraction of sp³-hybridized carbons (Fsp3) is 0.381. The van der Waals surface area contributed by atoms with Crippen molar-refractivity contribution < 1.29 is 14.6 Å². The molecule has 6 heteroatoms. The standard InChI is InChI=1S/C21H29N3O3/c1-22-21(24-15-18(16-25)17-8-4-3-5-9-17)23-12-7-13-27-20-11-6-10-19(14-20)26-2/h3-6,8-11,14,18,25H,7,12-13,15-16H2,1-2H3,(H2,22,23,24). The van der Waals surface area contributed by atoms with Gasteiger partial charge in [0.15, 0.2) is 5.96 Å². The Bertz CT molecular complexity index is 692. The molecule has 0 bridgehead atoms. The van der Waals surface area contributed by atoms with Crippen molar-refractivity contribution in [3.05, 3.63) is 60.2 Å². The molecule has 0 aliphatic carbocycles. The first-order valence-corrected chi connectivity index (χ1v) is 9.14. The Morgan fingerprint density at radius 2 is 1.85 bits per heavy atom. The molecule has 0 fully saturated rings. The van der Waals surface area contributed by atoms with E-state index in [1.807, 2.05) is 54.6 Å². The molecule has 2 aromatic rings. The summed E-state index contributed by atoms with van der Waals surface area (Å²) < 4.78 is 10.9. The van der Waals surface area contributed by atoms with Crippen molar-refractivity contribution in [2.24, 2.45) is 4.99 Å². The first kappa shape index (κ1) is 20.6. The Kier molecular flexibility index (Phi) is 9.00. The first-order valence-electron chi connectivity index (χ1n) is 9.14. The highest BCUT2D eigenvalue weighted by Crippen LogP contribution is 2.18. The maximum absolute atomic E-state index is 9.63. The zero-order chi connectivity index (χ0) is 19.3. The van der Waals surface area contributed by atoms with Gasteiger partial charge in [0.05, 0.1) is 20.3 Å². The van der Waals surface area contributed by atoms with Gasteiger partial charge in [-0.1, -0.05) is 36.4 Å². The van der Waals surface area contributed by atoms with Crippen LogP contribution in [0.1, 0.15) is 17.9 Å². The van der Waals surface area contributed by atoms with Crippen molar-refractivity contribution in [3.8, 4) is 11.5 Å². The average Bonchev–Trinajstić information content (AvgIpc) is 2.73. The van der Waals surface area contributed by atoms with Gasteiger partial charge in [-0.25, -0.2) is 0 Å². The van der Waals surface area contributed by atoms with E-state index in [4.69, 9.17) is 9.47 Å². The van der Waals surface area contributed by atoms with Gasteiger partial charge in [0, 0.05) is 32.1 Å². The average molecular weight is 371 g/mol. The minimum Gasteiger partial charge on any atom is -0.497 e. The molecule has 0 spiro atoms. The van der Waals surface area contributed by atoms with Crippen LogP contribution in [0.3, 0.4) is 0 Å².